The van der Waals surface area contributed by atoms with Gasteiger partial charge in [-0.05, 0) is 38.0 Å². The number of hydrogen-bond acceptors (Lipinski definition) is 3. The molecule has 1 aromatic heterocycles. The molecule has 1 heterocycles. The quantitative estimate of drug-likeness (QED) is 0.858. The fourth-order valence-electron chi connectivity index (χ4n) is 2.11. The summed E-state index contributed by atoms with van der Waals surface area (Å²) in [6.07, 6.45) is 0.408. The fraction of sp³-hybridized carbons (Fsp3) is 0.375. The molecule has 2 aromatic rings. The van der Waals surface area contributed by atoms with Gasteiger partial charge in [-0.15, -0.1) is 0 Å². The van der Waals surface area contributed by atoms with Crippen LogP contribution in [0.15, 0.2) is 30.6 Å². The van der Waals surface area contributed by atoms with Crippen LogP contribution in [0.2, 0.25) is 0 Å². The number of aryl methyl sites for hydroxylation is 2. The Balaban J connectivity index is 1.97. The Labute approximate surface area is 133 Å². The van der Waals surface area contributed by atoms with Crippen molar-refractivity contribution in [3.63, 3.8) is 0 Å². The van der Waals surface area contributed by atoms with E-state index in [-0.39, 0.29) is 5.91 Å². The summed E-state index contributed by atoms with van der Waals surface area (Å²) in [5, 5.41) is 9.63. The Kier molecular flexibility index (Phi) is 5.31. The van der Waals surface area contributed by atoms with Crippen LogP contribution in [0.1, 0.15) is 18.1 Å². The van der Waals surface area contributed by atoms with Crippen LogP contribution in [0.5, 0.6) is 0 Å². The zero-order valence-corrected chi connectivity index (χ0v) is 13.3. The third-order valence-corrected chi connectivity index (χ3v) is 3.39. The molecule has 0 unspecified atom stereocenters. The van der Waals surface area contributed by atoms with Crippen LogP contribution in [-0.4, -0.2) is 28.2 Å². The van der Waals surface area contributed by atoms with E-state index in [1.54, 1.807) is 6.92 Å². The largest absolute Gasteiger partial charge is 0.371 e. The van der Waals surface area contributed by atoms with Gasteiger partial charge in [0.1, 0.15) is 12.6 Å². The van der Waals surface area contributed by atoms with Crippen molar-refractivity contribution in [1.82, 2.24) is 9.78 Å². The number of benzene rings is 1. The van der Waals surface area contributed by atoms with Gasteiger partial charge in [-0.25, -0.2) is 8.78 Å². The van der Waals surface area contributed by atoms with E-state index in [9.17, 15) is 13.6 Å². The molecule has 5 nitrogen and oxygen atoms in total. The van der Waals surface area contributed by atoms with Gasteiger partial charge >= 0.3 is 0 Å². The van der Waals surface area contributed by atoms with Crippen LogP contribution in [0.25, 0.3) is 0 Å². The molecular weight excluding hydrogens is 302 g/mol. The number of carbonyl (C=O) groups is 1. The smallest absolute Gasteiger partial charge is 0.257 e. The van der Waals surface area contributed by atoms with Crippen molar-refractivity contribution in [2.75, 3.05) is 10.6 Å². The fourth-order valence-corrected chi connectivity index (χ4v) is 2.11. The molecule has 2 N–H and O–H groups in total. The summed E-state index contributed by atoms with van der Waals surface area (Å²) in [6, 6.07) is 5.29. The highest BCUT2D eigenvalue weighted by atomic mass is 19.3. The second-order valence-electron chi connectivity index (χ2n) is 5.52. The molecule has 0 fully saturated rings. The topological polar surface area (TPSA) is 59.0 Å². The summed E-state index contributed by atoms with van der Waals surface area (Å²) in [7, 11) is 0. The van der Waals surface area contributed by atoms with Gasteiger partial charge in [0.25, 0.3) is 6.43 Å². The first-order valence-electron chi connectivity index (χ1n) is 7.30. The lowest BCUT2D eigenvalue weighted by atomic mass is 10.1. The van der Waals surface area contributed by atoms with Crippen molar-refractivity contribution in [2.24, 2.45) is 0 Å². The van der Waals surface area contributed by atoms with E-state index in [0.717, 1.165) is 21.5 Å². The second-order valence-corrected chi connectivity index (χ2v) is 5.52. The van der Waals surface area contributed by atoms with Gasteiger partial charge < -0.3 is 10.6 Å². The third-order valence-electron chi connectivity index (χ3n) is 3.39. The lowest BCUT2D eigenvalue weighted by Gasteiger charge is -2.15. The van der Waals surface area contributed by atoms with Gasteiger partial charge in [0, 0.05) is 11.9 Å². The summed E-state index contributed by atoms with van der Waals surface area (Å²) in [4.78, 5) is 12.2. The van der Waals surface area contributed by atoms with Crippen LogP contribution in [0, 0.1) is 13.8 Å². The Morgan fingerprint density at radius 3 is 2.78 bits per heavy atom. The van der Waals surface area contributed by atoms with Gasteiger partial charge in [-0.2, -0.15) is 5.10 Å². The number of nitrogens with one attached hydrogen (secondary N) is 2. The lowest BCUT2D eigenvalue weighted by molar-refractivity contribution is -0.116. The van der Waals surface area contributed by atoms with Gasteiger partial charge in [-0.1, -0.05) is 12.1 Å². The summed E-state index contributed by atoms with van der Waals surface area (Å²) in [6.45, 7) is 5.10. The molecule has 0 spiro atoms. The van der Waals surface area contributed by atoms with Crippen LogP contribution in [0.4, 0.5) is 20.2 Å². The molecule has 7 heteroatoms. The molecule has 2 rings (SSSR count). The number of hydrogen-bond donors (Lipinski definition) is 2. The monoisotopic (exact) mass is 322 g/mol. The highest BCUT2D eigenvalue weighted by Crippen LogP contribution is 2.17. The molecule has 0 aliphatic heterocycles. The van der Waals surface area contributed by atoms with E-state index in [2.05, 4.69) is 15.7 Å². The average molecular weight is 322 g/mol. The molecule has 1 atom stereocenters. The zero-order chi connectivity index (χ0) is 17.0. The summed E-state index contributed by atoms with van der Waals surface area (Å²) < 4.78 is 25.7. The molecular formula is C16H20F2N4O. The molecule has 1 aromatic carbocycles. The highest BCUT2D eigenvalue weighted by Gasteiger charge is 2.15. The Morgan fingerprint density at radius 2 is 2.09 bits per heavy atom. The molecule has 0 saturated carbocycles. The molecule has 1 amide bonds. The van der Waals surface area contributed by atoms with E-state index in [0.29, 0.717) is 5.69 Å². The van der Waals surface area contributed by atoms with Gasteiger partial charge in [0.05, 0.1) is 11.9 Å². The molecule has 23 heavy (non-hydrogen) atoms. The summed E-state index contributed by atoms with van der Waals surface area (Å²) in [5.74, 6) is -0.208. The van der Waals surface area contributed by atoms with Crippen molar-refractivity contribution in [1.29, 1.82) is 0 Å². The maximum absolute atomic E-state index is 12.3. The van der Waals surface area contributed by atoms with Crippen molar-refractivity contribution in [3.8, 4) is 0 Å². The van der Waals surface area contributed by atoms with E-state index in [4.69, 9.17) is 0 Å². The van der Waals surface area contributed by atoms with Gasteiger partial charge in [0.15, 0.2) is 0 Å². The van der Waals surface area contributed by atoms with E-state index in [1.165, 1.54) is 12.4 Å². The van der Waals surface area contributed by atoms with Crippen LogP contribution < -0.4 is 10.6 Å². The molecule has 0 bridgehead atoms. The first-order chi connectivity index (χ1) is 10.8. The van der Waals surface area contributed by atoms with Crippen molar-refractivity contribution >= 4 is 17.3 Å². The van der Waals surface area contributed by atoms with Crippen LogP contribution in [-0.2, 0) is 11.3 Å². The SMILES string of the molecule is Cc1ccc(C)c(NC(=O)[C@H](C)Nc2cnn(CC(F)F)c2)c1. The Hall–Kier alpha value is -2.44. The number of halogens is 2. The number of alkyl halides is 2. The third kappa shape index (κ3) is 4.77. The first-order valence-corrected chi connectivity index (χ1v) is 7.30. The van der Waals surface area contributed by atoms with E-state index in [1.807, 2.05) is 32.0 Å². The van der Waals surface area contributed by atoms with E-state index >= 15 is 0 Å². The first kappa shape index (κ1) is 16.9. The average Bonchev–Trinajstić information content (AvgIpc) is 2.89. The molecule has 124 valence electrons. The minimum atomic E-state index is -2.47. The summed E-state index contributed by atoms with van der Waals surface area (Å²) >= 11 is 0. The van der Waals surface area contributed by atoms with Crippen molar-refractivity contribution in [2.45, 2.75) is 39.8 Å². The number of nitrogens with zero attached hydrogens (tertiary/aromatic N) is 2. The minimum Gasteiger partial charge on any atom is -0.371 e. The molecule has 0 aliphatic carbocycles. The molecule has 0 radical (unpaired) electrons. The highest BCUT2D eigenvalue weighted by molar-refractivity contribution is 5.96. The zero-order valence-electron chi connectivity index (χ0n) is 13.3. The summed E-state index contributed by atoms with van der Waals surface area (Å²) in [5.41, 5.74) is 3.31. The lowest BCUT2D eigenvalue weighted by Crippen LogP contribution is -2.32. The number of amides is 1. The van der Waals surface area contributed by atoms with Crippen LogP contribution in [0.3, 0.4) is 0 Å². The predicted molar refractivity (Wildman–Crippen MR) is 85.9 cm³/mol. The van der Waals surface area contributed by atoms with E-state index < -0.39 is 19.0 Å². The number of carbonyl (C=O) groups excluding carboxylic acids is 1. The van der Waals surface area contributed by atoms with Gasteiger partial charge in [-0.3, -0.25) is 9.48 Å². The number of anilines is 2. The predicted octanol–water partition coefficient (Wildman–Crippen LogP) is 3.20. The standard InChI is InChI=1S/C16H20F2N4O/c1-10-4-5-11(2)14(6-10)21-16(23)12(3)20-13-7-19-22(8-13)9-15(17)18/h4-8,12,15,20H,9H2,1-3H3,(H,21,23)/t12-/m0/s1. The number of rotatable bonds is 6. The second kappa shape index (κ2) is 7.21. The van der Waals surface area contributed by atoms with Crippen LogP contribution >= 0.6 is 0 Å². The van der Waals surface area contributed by atoms with Crippen molar-refractivity contribution < 1.29 is 13.6 Å². The maximum Gasteiger partial charge on any atom is 0.257 e. The Bertz CT molecular complexity index is 684. The number of aromatic nitrogens is 2. The minimum absolute atomic E-state index is 0.208. The maximum atomic E-state index is 12.3. The molecule has 0 saturated heterocycles. The Morgan fingerprint density at radius 1 is 1.35 bits per heavy atom. The molecule has 0 aliphatic rings. The van der Waals surface area contributed by atoms with Gasteiger partial charge in [0.2, 0.25) is 5.91 Å². The van der Waals surface area contributed by atoms with Crippen molar-refractivity contribution in [3.05, 3.63) is 41.7 Å². The normalized spacial score (nSPS) is 12.3.